The number of benzene rings is 1. The van der Waals surface area contributed by atoms with Gasteiger partial charge in [-0.25, -0.2) is 4.57 Å². The topological polar surface area (TPSA) is 35.5 Å². The van der Waals surface area contributed by atoms with Crippen LogP contribution in [0.1, 0.15) is 19.4 Å². The molecule has 0 aliphatic carbocycles. The summed E-state index contributed by atoms with van der Waals surface area (Å²) in [5, 5.41) is 0. The van der Waals surface area contributed by atoms with Crippen molar-refractivity contribution in [2.24, 2.45) is 0 Å². The molecule has 0 saturated heterocycles. The lowest BCUT2D eigenvalue weighted by molar-refractivity contribution is 0.271. The first kappa shape index (κ1) is 13.0. The van der Waals surface area contributed by atoms with E-state index >= 15 is 0 Å². The van der Waals surface area contributed by atoms with E-state index in [1.54, 1.807) is 13.8 Å². The summed E-state index contributed by atoms with van der Waals surface area (Å²) in [6, 6.07) is 9.37. The highest BCUT2D eigenvalue weighted by molar-refractivity contribution is 7.54. The van der Waals surface area contributed by atoms with Crippen LogP contribution in [0.15, 0.2) is 36.9 Å². The Morgan fingerprint density at radius 1 is 1.31 bits per heavy atom. The van der Waals surface area contributed by atoms with Crippen LogP contribution in [-0.2, 0) is 13.6 Å². The third-order valence-electron chi connectivity index (χ3n) is 2.06. The number of rotatable bonds is 6. The van der Waals surface area contributed by atoms with Gasteiger partial charge in [-0.2, -0.15) is 0 Å². The molecular weight excluding hydrogens is 223 g/mol. The molecule has 3 nitrogen and oxygen atoms in total. The van der Waals surface area contributed by atoms with Gasteiger partial charge in [0.15, 0.2) is 0 Å². The Morgan fingerprint density at radius 2 is 1.94 bits per heavy atom. The van der Waals surface area contributed by atoms with Gasteiger partial charge < -0.3 is 9.05 Å². The summed E-state index contributed by atoms with van der Waals surface area (Å²) >= 11 is 0. The Labute approximate surface area is 96.6 Å². The zero-order valence-electron chi connectivity index (χ0n) is 9.68. The van der Waals surface area contributed by atoms with Gasteiger partial charge in [0.1, 0.15) is 5.76 Å². The van der Waals surface area contributed by atoms with Crippen molar-refractivity contribution in [2.45, 2.75) is 13.8 Å². The molecule has 4 heteroatoms. The lowest BCUT2D eigenvalue weighted by Gasteiger charge is -2.18. The Morgan fingerprint density at radius 3 is 2.44 bits per heavy atom. The standard InChI is InChI=1S/C12H17O3P/c1-4-14-16(13,5-2)15-11(3)12-9-7-6-8-10-12/h6-10H,3-5H2,1-2H3. The highest BCUT2D eigenvalue weighted by Gasteiger charge is 2.23. The zero-order chi connectivity index (χ0) is 12.0. The van der Waals surface area contributed by atoms with E-state index in [-0.39, 0.29) is 0 Å². The van der Waals surface area contributed by atoms with Crippen molar-refractivity contribution in [3.63, 3.8) is 0 Å². The molecule has 1 aromatic carbocycles. The summed E-state index contributed by atoms with van der Waals surface area (Å²) in [6.07, 6.45) is 0.340. The fraction of sp³-hybridized carbons (Fsp3) is 0.333. The lowest BCUT2D eigenvalue weighted by Crippen LogP contribution is -1.97. The Hall–Kier alpha value is -1.05. The van der Waals surface area contributed by atoms with Gasteiger partial charge in [-0.05, 0) is 6.92 Å². The highest BCUT2D eigenvalue weighted by atomic mass is 31.2. The fourth-order valence-corrected chi connectivity index (χ4v) is 2.42. The molecule has 16 heavy (non-hydrogen) atoms. The second-order valence-corrected chi connectivity index (χ2v) is 5.52. The molecule has 0 amide bonds. The molecule has 0 spiro atoms. The maximum absolute atomic E-state index is 12.1. The van der Waals surface area contributed by atoms with Gasteiger partial charge in [-0.1, -0.05) is 43.8 Å². The third kappa shape index (κ3) is 3.51. The molecule has 0 N–H and O–H groups in total. The maximum atomic E-state index is 12.1. The van der Waals surface area contributed by atoms with Crippen LogP contribution in [0.2, 0.25) is 0 Å². The smallest absolute Gasteiger partial charge is 0.378 e. The lowest BCUT2D eigenvalue weighted by atomic mass is 10.2. The van der Waals surface area contributed by atoms with Crippen LogP contribution in [0.3, 0.4) is 0 Å². The molecule has 1 rings (SSSR count). The van der Waals surface area contributed by atoms with Crippen molar-refractivity contribution in [2.75, 3.05) is 12.8 Å². The SMILES string of the molecule is C=C(OP(=O)(CC)OCC)c1ccccc1. The molecule has 0 bridgehead atoms. The highest BCUT2D eigenvalue weighted by Crippen LogP contribution is 2.50. The minimum absolute atomic E-state index is 0.340. The van der Waals surface area contributed by atoms with E-state index < -0.39 is 7.60 Å². The first-order chi connectivity index (χ1) is 7.61. The minimum Gasteiger partial charge on any atom is -0.424 e. The average molecular weight is 240 g/mol. The van der Waals surface area contributed by atoms with Crippen molar-refractivity contribution in [1.82, 2.24) is 0 Å². The largest absolute Gasteiger partial charge is 0.424 e. The van der Waals surface area contributed by atoms with Gasteiger partial charge in [0.05, 0.1) is 12.8 Å². The average Bonchev–Trinajstić information content (AvgIpc) is 2.30. The molecule has 1 aromatic rings. The predicted molar refractivity (Wildman–Crippen MR) is 66.3 cm³/mol. The van der Waals surface area contributed by atoms with E-state index in [0.717, 1.165) is 5.56 Å². The maximum Gasteiger partial charge on any atom is 0.378 e. The summed E-state index contributed by atoms with van der Waals surface area (Å²) in [4.78, 5) is 0. The molecule has 0 aliphatic rings. The summed E-state index contributed by atoms with van der Waals surface area (Å²) in [6.45, 7) is 7.70. The fourth-order valence-electron chi connectivity index (χ4n) is 1.22. The molecule has 0 fully saturated rings. The Balaban J connectivity index is 2.74. The summed E-state index contributed by atoms with van der Waals surface area (Å²) in [7, 11) is -3.02. The van der Waals surface area contributed by atoms with Crippen LogP contribution in [0.5, 0.6) is 0 Å². The van der Waals surface area contributed by atoms with Gasteiger partial charge in [-0.15, -0.1) is 0 Å². The van der Waals surface area contributed by atoms with Gasteiger partial charge in [-0.3, -0.25) is 0 Å². The van der Waals surface area contributed by atoms with Gasteiger partial charge in [0, 0.05) is 5.56 Å². The van der Waals surface area contributed by atoms with Crippen molar-refractivity contribution in [3.05, 3.63) is 42.5 Å². The first-order valence-corrected chi connectivity index (χ1v) is 7.01. The van der Waals surface area contributed by atoms with Crippen LogP contribution in [0, 0.1) is 0 Å². The van der Waals surface area contributed by atoms with Crippen LogP contribution in [0.25, 0.3) is 5.76 Å². The van der Waals surface area contributed by atoms with Crippen LogP contribution < -0.4 is 0 Å². The summed E-state index contributed by atoms with van der Waals surface area (Å²) in [5.41, 5.74) is 0.816. The van der Waals surface area contributed by atoms with Crippen LogP contribution >= 0.6 is 7.60 Å². The summed E-state index contributed by atoms with van der Waals surface area (Å²) < 4.78 is 22.6. The van der Waals surface area contributed by atoms with E-state index in [2.05, 4.69) is 6.58 Å². The quantitative estimate of drug-likeness (QED) is 0.558. The summed E-state index contributed by atoms with van der Waals surface area (Å²) in [5.74, 6) is 0.388. The van der Waals surface area contributed by atoms with E-state index in [4.69, 9.17) is 9.05 Å². The van der Waals surface area contributed by atoms with Crippen LogP contribution in [0.4, 0.5) is 0 Å². The molecule has 1 atom stereocenters. The van der Waals surface area contributed by atoms with Gasteiger partial charge in [0.2, 0.25) is 0 Å². The van der Waals surface area contributed by atoms with E-state index in [0.29, 0.717) is 18.5 Å². The minimum atomic E-state index is -3.02. The second-order valence-electron chi connectivity index (χ2n) is 3.23. The van der Waals surface area contributed by atoms with Crippen molar-refractivity contribution in [1.29, 1.82) is 0 Å². The van der Waals surface area contributed by atoms with Gasteiger partial charge >= 0.3 is 7.60 Å². The molecule has 0 aromatic heterocycles. The van der Waals surface area contributed by atoms with Crippen molar-refractivity contribution in [3.8, 4) is 0 Å². The van der Waals surface area contributed by atoms with Crippen LogP contribution in [-0.4, -0.2) is 12.8 Å². The molecule has 0 heterocycles. The monoisotopic (exact) mass is 240 g/mol. The molecule has 0 aliphatic heterocycles. The normalized spacial score (nSPS) is 14.1. The number of hydrogen-bond acceptors (Lipinski definition) is 3. The Bertz CT molecular complexity index is 387. The van der Waals surface area contributed by atoms with Gasteiger partial charge in [0.25, 0.3) is 0 Å². The molecule has 88 valence electrons. The number of hydrogen-bond donors (Lipinski definition) is 0. The predicted octanol–water partition coefficient (Wildman–Crippen LogP) is 3.92. The third-order valence-corrected chi connectivity index (χ3v) is 3.98. The van der Waals surface area contributed by atoms with Crippen molar-refractivity contribution >= 4 is 13.4 Å². The Kier molecular flexibility index (Phi) is 4.78. The second kappa shape index (κ2) is 5.88. The molecule has 0 radical (unpaired) electrons. The first-order valence-electron chi connectivity index (χ1n) is 5.29. The zero-order valence-corrected chi connectivity index (χ0v) is 10.6. The molecule has 0 saturated carbocycles. The molecule has 1 unspecified atom stereocenters. The molecular formula is C12H17O3P. The van der Waals surface area contributed by atoms with Crippen molar-refractivity contribution < 1.29 is 13.6 Å². The van der Waals surface area contributed by atoms with E-state index in [1.165, 1.54) is 0 Å². The van der Waals surface area contributed by atoms with E-state index in [1.807, 2.05) is 30.3 Å². The van der Waals surface area contributed by atoms with E-state index in [9.17, 15) is 4.57 Å².